The molecule has 3 rings (SSSR count). The minimum absolute atomic E-state index is 0. The molecular formula is C16H23ClN4O2S. The summed E-state index contributed by atoms with van der Waals surface area (Å²) in [6, 6.07) is 1.90. The summed E-state index contributed by atoms with van der Waals surface area (Å²) in [5, 5.41) is 2.48. The predicted molar refractivity (Wildman–Crippen MR) is 98.7 cm³/mol. The second-order valence-corrected chi connectivity index (χ2v) is 7.73. The monoisotopic (exact) mass is 370 g/mol. The summed E-state index contributed by atoms with van der Waals surface area (Å²) in [4.78, 5) is 31.6. The van der Waals surface area contributed by atoms with Gasteiger partial charge in [-0.3, -0.25) is 14.2 Å². The summed E-state index contributed by atoms with van der Waals surface area (Å²) in [5.74, 6) is 0.0716. The van der Waals surface area contributed by atoms with Gasteiger partial charge in [-0.15, -0.1) is 23.7 Å². The Labute approximate surface area is 151 Å². The third kappa shape index (κ3) is 3.63. The van der Waals surface area contributed by atoms with Gasteiger partial charge in [-0.05, 0) is 23.3 Å². The number of nitrogens with zero attached hydrogens (tertiary/aromatic N) is 3. The zero-order chi connectivity index (χ0) is 16.6. The van der Waals surface area contributed by atoms with E-state index in [0.29, 0.717) is 31.4 Å². The molecular weight excluding hydrogens is 348 g/mol. The number of nitrogens with two attached hydrogens (primary N) is 1. The number of halogens is 1. The van der Waals surface area contributed by atoms with Crippen LogP contribution in [-0.2, 0) is 11.3 Å². The fourth-order valence-corrected chi connectivity index (χ4v) is 3.74. The maximum absolute atomic E-state index is 12.4. The van der Waals surface area contributed by atoms with Crippen molar-refractivity contribution in [2.24, 2.45) is 11.1 Å². The van der Waals surface area contributed by atoms with Gasteiger partial charge in [0, 0.05) is 32.1 Å². The lowest BCUT2D eigenvalue weighted by molar-refractivity contribution is -0.134. The number of hydrogen-bond donors (Lipinski definition) is 1. The number of aromatic nitrogens is 2. The third-order valence-corrected chi connectivity index (χ3v) is 5.50. The van der Waals surface area contributed by atoms with E-state index in [9.17, 15) is 9.59 Å². The van der Waals surface area contributed by atoms with Gasteiger partial charge < -0.3 is 10.6 Å². The largest absolute Gasteiger partial charge is 0.342 e. The molecule has 24 heavy (non-hydrogen) atoms. The van der Waals surface area contributed by atoms with Crippen LogP contribution in [0.15, 0.2) is 22.6 Å². The molecule has 2 aromatic heterocycles. The van der Waals surface area contributed by atoms with Gasteiger partial charge in [0.1, 0.15) is 4.83 Å². The molecule has 0 saturated carbocycles. The normalized spacial score (nSPS) is 20.0. The van der Waals surface area contributed by atoms with Gasteiger partial charge in [0.2, 0.25) is 5.91 Å². The minimum atomic E-state index is -0.0787. The maximum Gasteiger partial charge on any atom is 0.262 e. The van der Waals surface area contributed by atoms with Crippen LogP contribution in [0.5, 0.6) is 0 Å². The molecule has 1 aliphatic heterocycles. The Kier molecular flexibility index (Phi) is 5.67. The molecule has 0 aliphatic carbocycles. The molecule has 1 atom stereocenters. The highest BCUT2D eigenvalue weighted by atomic mass is 35.5. The first-order valence-electron chi connectivity index (χ1n) is 7.84. The van der Waals surface area contributed by atoms with Crippen molar-refractivity contribution in [3.05, 3.63) is 28.1 Å². The Balaban J connectivity index is 0.00000208. The van der Waals surface area contributed by atoms with Crippen molar-refractivity contribution in [1.29, 1.82) is 0 Å². The van der Waals surface area contributed by atoms with Gasteiger partial charge in [0.15, 0.2) is 0 Å². The van der Waals surface area contributed by atoms with Crippen LogP contribution in [0.4, 0.5) is 0 Å². The number of rotatable bonds is 3. The van der Waals surface area contributed by atoms with Crippen molar-refractivity contribution in [3.63, 3.8) is 0 Å². The first-order valence-corrected chi connectivity index (χ1v) is 8.72. The summed E-state index contributed by atoms with van der Waals surface area (Å²) in [7, 11) is 0. The summed E-state index contributed by atoms with van der Waals surface area (Å²) in [6.45, 7) is 5.91. The van der Waals surface area contributed by atoms with E-state index in [-0.39, 0.29) is 35.3 Å². The zero-order valence-electron chi connectivity index (χ0n) is 13.9. The van der Waals surface area contributed by atoms with Crippen LogP contribution < -0.4 is 11.3 Å². The van der Waals surface area contributed by atoms with Gasteiger partial charge in [0.05, 0.1) is 11.7 Å². The third-order valence-electron chi connectivity index (χ3n) is 4.68. The number of fused-ring (bicyclic) bond motifs is 1. The SMILES string of the molecule is CC1(C)CN(C(=O)CCn2cnc3sccc3c2=O)CCC1N.Cl. The van der Waals surface area contributed by atoms with Crippen molar-refractivity contribution >= 4 is 39.9 Å². The van der Waals surface area contributed by atoms with Crippen LogP contribution in [0, 0.1) is 5.41 Å². The quantitative estimate of drug-likeness (QED) is 0.894. The molecule has 0 radical (unpaired) electrons. The van der Waals surface area contributed by atoms with E-state index in [1.165, 1.54) is 22.2 Å². The van der Waals surface area contributed by atoms with E-state index in [2.05, 4.69) is 18.8 Å². The van der Waals surface area contributed by atoms with Gasteiger partial charge in [-0.2, -0.15) is 0 Å². The highest BCUT2D eigenvalue weighted by molar-refractivity contribution is 7.16. The van der Waals surface area contributed by atoms with Crippen molar-refractivity contribution in [3.8, 4) is 0 Å². The lowest BCUT2D eigenvalue weighted by Gasteiger charge is -2.42. The highest BCUT2D eigenvalue weighted by Gasteiger charge is 2.35. The molecule has 2 N–H and O–H groups in total. The average molecular weight is 371 g/mol. The van der Waals surface area contributed by atoms with Crippen LogP contribution in [0.1, 0.15) is 26.7 Å². The fourth-order valence-electron chi connectivity index (χ4n) is 3.01. The maximum atomic E-state index is 12.4. The molecule has 132 valence electrons. The number of carbonyl (C=O) groups is 1. The molecule has 0 bridgehead atoms. The molecule has 1 aliphatic rings. The molecule has 8 heteroatoms. The Morgan fingerprint density at radius 2 is 2.25 bits per heavy atom. The Morgan fingerprint density at radius 1 is 1.50 bits per heavy atom. The van der Waals surface area contributed by atoms with E-state index in [1.54, 1.807) is 6.07 Å². The molecule has 1 saturated heterocycles. The molecule has 2 aromatic rings. The fraction of sp³-hybridized carbons (Fsp3) is 0.562. The van der Waals surface area contributed by atoms with Crippen LogP contribution in [0.3, 0.4) is 0 Å². The Hall–Kier alpha value is -1.44. The van der Waals surface area contributed by atoms with Crippen molar-refractivity contribution in [1.82, 2.24) is 14.5 Å². The van der Waals surface area contributed by atoms with E-state index >= 15 is 0 Å². The van der Waals surface area contributed by atoms with E-state index in [0.717, 1.165) is 11.3 Å². The molecule has 1 unspecified atom stereocenters. The number of aryl methyl sites for hydroxylation is 1. The van der Waals surface area contributed by atoms with Crippen molar-refractivity contribution in [2.45, 2.75) is 39.3 Å². The van der Waals surface area contributed by atoms with Crippen LogP contribution in [0.25, 0.3) is 10.2 Å². The first kappa shape index (κ1) is 18.9. The van der Waals surface area contributed by atoms with Gasteiger partial charge >= 0.3 is 0 Å². The molecule has 0 spiro atoms. The second kappa shape index (κ2) is 7.21. The number of carbonyl (C=O) groups excluding carboxylic acids is 1. The summed E-state index contributed by atoms with van der Waals surface area (Å²) in [5.41, 5.74) is 5.97. The zero-order valence-corrected chi connectivity index (χ0v) is 15.5. The van der Waals surface area contributed by atoms with Crippen molar-refractivity contribution < 1.29 is 4.79 Å². The van der Waals surface area contributed by atoms with Crippen LogP contribution in [-0.4, -0.2) is 39.5 Å². The molecule has 1 fully saturated rings. The minimum Gasteiger partial charge on any atom is -0.342 e. The second-order valence-electron chi connectivity index (χ2n) is 6.83. The standard InChI is InChI=1S/C16H22N4O2S.ClH/c1-16(2)9-19(6-3-12(16)17)13(21)4-7-20-10-18-14-11(15(20)22)5-8-23-14;/h5,8,10,12H,3-4,6-7,9,17H2,1-2H3;1H. The van der Waals surface area contributed by atoms with Crippen molar-refractivity contribution in [2.75, 3.05) is 13.1 Å². The highest BCUT2D eigenvalue weighted by Crippen LogP contribution is 2.28. The number of thiophene rings is 1. The molecule has 3 heterocycles. The lowest BCUT2D eigenvalue weighted by Crippen LogP contribution is -2.54. The van der Waals surface area contributed by atoms with Gasteiger partial charge in [0.25, 0.3) is 5.56 Å². The van der Waals surface area contributed by atoms with Crippen LogP contribution in [0.2, 0.25) is 0 Å². The summed E-state index contributed by atoms with van der Waals surface area (Å²) in [6.07, 6.45) is 2.66. The number of likely N-dealkylation sites (tertiary alicyclic amines) is 1. The van der Waals surface area contributed by atoms with E-state index < -0.39 is 0 Å². The molecule has 6 nitrogen and oxygen atoms in total. The topological polar surface area (TPSA) is 81.2 Å². The van der Waals surface area contributed by atoms with E-state index in [1.807, 2.05) is 10.3 Å². The average Bonchev–Trinajstić information content (AvgIpc) is 2.98. The predicted octanol–water partition coefficient (Wildman–Crippen LogP) is 1.86. The smallest absolute Gasteiger partial charge is 0.262 e. The van der Waals surface area contributed by atoms with Gasteiger partial charge in [-0.25, -0.2) is 4.98 Å². The molecule has 1 amide bonds. The number of hydrogen-bond acceptors (Lipinski definition) is 5. The lowest BCUT2D eigenvalue weighted by atomic mass is 9.79. The number of amides is 1. The molecule has 0 aromatic carbocycles. The Morgan fingerprint density at radius 3 is 2.96 bits per heavy atom. The van der Waals surface area contributed by atoms with E-state index in [4.69, 9.17) is 5.73 Å². The summed E-state index contributed by atoms with van der Waals surface area (Å²) >= 11 is 1.45. The van der Waals surface area contributed by atoms with Gasteiger partial charge in [-0.1, -0.05) is 13.8 Å². The first-order chi connectivity index (χ1) is 10.9. The number of piperidine rings is 1. The summed E-state index contributed by atoms with van der Waals surface area (Å²) < 4.78 is 1.52. The Bertz CT molecular complexity index is 786. The van der Waals surface area contributed by atoms with Crippen LogP contribution >= 0.6 is 23.7 Å².